The molecule has 1 fully saturated rings. The maximum absolute atomic E-state index is 8.19. The molecule has 0 N–H and O–H groups in total. The Kier molecular flexibility index (Phi) is 2.21. The summed E-state index contributed by atoms with van der Waals surface area (Å²) < 4.78 is 0. The molecule has 0 aliphatic heterocycles. The first kappa shape index (κ1) is 7.72. The third-order valence-electron chi connectivity index (χ3n) is 1.87. The standard InChI is InChI=1S/C5H8N6/c6-10-8-5(9-11-7)3-1-2-4-5/h1-4H2. The van der Waals surface area contributed by atoms with E-state index in [0.717, 1.165) is 12.8 Å². The lowest BCUT2D eigenvalue weighted by atomic mass is 10.2. The van der Waals surface area contributed by atoms with Crippen LogP contribution >= 0.6 is 0 Å². The lowest BCUT2D eigenvalue weighted by Gasteiger charge is -2.13. The minimum atomic E-state index is -0.788. The van der Waals surface area contributed by atoms with Crippen molar-refractivity contribution >= 4 is 0 Å². The molecule has 0 aromatic rings. The maximum Gasteiger partial charge on any atom is 0.127 e. The first-order valence-electron chi connectivity index (χ1n) is 3.45. The van der Waals surface area contributed by atoms with E-state index in [1.165, 1.54) is 0 Å². The van der Waals surface area contributed by atoms with Crippen molar-refractivity contribution < 1.29 is 0 Å². The molecule has 0 amide bonds. The molecule has 1 aliphatic carbocycles. The third-order valence-corrected chi connectivity index (χ3v) is 1.87. The van der Waals surface area contributed by atoms with Crippen molar-refractivity contribution in [2.45, 2.75) is 31.3 Å². The highest BCUT2D eigenvalue weighted by atomic mass is 15.3. The van der Waals surface area contributed by atoms with Crippen LogP contribution in [0.5, 0.6) is 0 Å². The highest BCUT2D eigenvalue weighted by molar-refractivity contribution is 4.90. The molecular weight excluding hydrogens is 144 g/mol. The summed E-state index contributed by atoms with van der Waals surface area (Å²) in [5, 5.41) is 7.01. The second-order valence-electron chi connectivity index (χ2n) is 2.57. The average molecular weight is 152 g/mol. The topological polar surface area (TPSA) is 97.5 Å². The molecular formula is C5H8N6. The van der Waals surface area contributed by atoms with Crippen LogP contribution in [0, 0.1) is 0 Å². The van der Waals surface area contributed by atoms with Gasteiger partial charge in [-0.15, -0.1) is 0 Å². The van der Waals surface area contributed by atoms with E-state index in [2.05, 4.69) is 20.1 Å². The van der Waals surface area contributed by atoms with Crippen molar-refractivity contribution in [1.82, 2.24) is 0 Å². The monoisotopic (exact) mass is 152 g/mol. The zero-order valence-electron chi connectivity index (χ0n) is 6.01. The van der Waals surface area contributed by atoms with Crippen molar-refractivity contribution in [1.29, 1.82) is 0 Å². The van der Waals surface area contributed by atoms with Gasteiger partial charge in [0.2, 0.25) is 0 Å². The molecule has 1 saturated carbocycles. The first-order chi connectivity index (χ1) is 5.33. The van der Waals surface area contributed by atoms with Crippen LogP contribution in [-0.2, 0) is 0 Å². The number of hydrogen-bond donors (Lipinski definition) is 0. The van der Waals surface area contributed by atoms with Gasteiger partial charge < -0.3 is 0 Å². The quantitative estimate of drug-likeness (QED) is 0.330. The van der Waals surface area contributed by atoms with E-state index in [1.807, 2.05) is 0 Å². The Morgan fingerprint density at radius 1 is 1.00 bits per heavy atom. The van der Waals surface area contributed by atoms with E-state index in [9.17, 15) is 0 Å². The van der Waals surface area contributed by atoms with E-state index in [4.69, 9.17) is 11.1 Å². The SMILES string of the molecule is [N-]=[N+]=NC1(N=[N+]=[N-])CCCC1. The van der Waals surface area contributed by atoms with Crippen molar-refractivity contribution in [3.8, 4) is 0 Å². The Bertz CT molecular complexity index is 207. The fourth-order valence-corrected chi connectivity index (χ4v) is 1.33. The Morgan fingerprint density at radius 3 is 1.82 bits per heavy atom. The van der Waals surface area contributed by atoms with Gasteiger partial charge in [-0.1, -0.05) is 23.1 Å². The molecule has 1 rings (SSSR count). The van der Waals surface area contributed by atoms with Gasteiger partial charge in [-0.05, 0) is 23.9 Å². The molecule has 0 spiro atoms. The molecule has 6 heteroatoms. The van der Waals surface area contributed by atoms with Crippen LogP contribution in [0.4, 0.5) is 0 Å². The third kappa shape index (κ3) is 1.55. The molecule has 0 unspecified atom stereocenters. The van der Waals surface area contributed by atoms with E-state index in [-0.39, 0.29) is 0 Å². The molecule has 0 atom stereocenters. The van der Waals surface area contributed by atoms with Crippen LogP contribution in [0.15, 0.2) is 10.2 Å². The van der Waals surface area contributed by atoms with Gasteiger partial charge in [-0.2, -0.15) is 0 Å². The molecule has 58 valence electrons. The van der Waals surface area contributed by atoms with Crippen molar-refractivity contribution in [2.24, 2.45) is 10.2 Å². The van der Waals surface area contributed by atoms with Crippen LogP contribution in [0.25, 0.3) is 20.9 Å². The second-order valence-corrected chi connectivity index (χ2v) is 2.57. The molecule has 6 nitrogen and oxygen atoms in total. The van der Waals surface area contributed by atoms with Crippen LogP contribution in [0.2, 0.25) is 0 Å². The summed E-state index contributed by atoms with van der Waals surface area (Å²) in [7, 11) is 0. The number of rotatable bonds is 2. The van der Waals surface area contributed by atoms with E-state index < -0.39 is 5.66 Å². The molecule has 0 aromatic carbocycles. The van der Waals surface area contributed by atoms with Gasteiger partial charge >= 0.3 is 0 Å². The predicted molar refractivity (Wildman–Crippen MR) is 39.5 cm³/mol. The smallest absolute Gasteiger partial charge is 0.0812 e. The summed E-state index contributed by atoms with van der Waals surface area (Å²) in [6.07, 6.45) is 3.30. The molecule has 0 heterocycles. The maximum atomic E-state index is 8.19. The zero-order valence-corrected chi connectivity index (χ0v) is 6.01. The predicted octanol–water partition coefficient (Wildman–Crippen LogP) is 2.88. The molecule has 11 heavy (non-hydrogen) atoms. The molecule has 1 aliphatic rings. The zero-order chi connectivity index (χ0) is 8.16. The van der Waals surface area contributed by atoms with Gasteiger partial charge in [-0.3, -0.25) is 0 Å². The van der Waals surface area contributed by atoms with E-state index in [0.29, 0.717) is 12.8 Å². The Hall–Kier alpha value is -1.38. The largest absolute Gasteiger partial charge is 0.127 e. The number of nitrogens with zero attached hydrogens (tertiary/aromatic N) is 6. The Morgan fingerprint density at radius 2 is 1.45 bits per heavy atom. The minimum Gasteiger partial charge on any atom is -0.0812 e. The minimum absolute atomic E-state index is 0.682. The average Bonchev–Trinajstić information content (AvgIpc) is 2.39. The van der Waals surface area contributed by atoms with Gasteiger partial charge in [0.05, 0.1) is 0 Å². The fraction of sp³-hybridized carbons (Fsp3) is 1.00. The molecule has 0 radical (unpaired) electrons. The van der Waals surface area contributed by atoms with Crippen molar-refractivity contribution in [3.63, 3.8) is 0 Å². The van der Waals surface area contributed by atoms with Crippen LogP contribution in [0.1, 0.15) is 25.7 Å². The van der Waals surface area contributed by atoms with Gasteiger partial charge in [0.1, 0.15) is 5.66 Å². The van der Waals surface area contributed by atoms with Crippen molar-refractivity contribution in [3.05, 3.63) is 20.9 Å². The van der Waals surface area contributed by atoms with Crippen LogP contribution < -0.4 is 0 Å². The van der Waals surface area contributed by atoms with Crippen molar-refractivity contribution in [2.75, 3.05) is 0 Å². The van der Waals surface area contributed by atoms with Gasteiger partial charge in [0, 0.05) is 9.82 Å². The van der Waals surface area contributed by atoms with Crippen LogP contribution in [0.3, 0.4) is 0 Å². The Balaban J connectivity index is 2.86. The summed E-state index contributed by atoms with van der Waals surface area (Å²) in [6.45, 7) is 0. The normalized spacial score (nSPS) is 20.0. The summed E-state index contributed by atoms with van der Waals surface area (Å²) in [5.41, 5.74) is 15.6. The highest BCUT2D eigenvalue weighted by Gasteiger charge is 2.31. The molecule has 0 aromatic heterocycles. The Labute approximate surface area is 63.5 Å². The second kappa shape index (κ2) is 3.14. The van der Waals surface area contributed by atoms with E-state index >= 15 is 0 Å². The summed E-state index contributed by atoms with van der Waals surface area (Å²) in [4.78, 5) is 5.34. The summed E-state index contributed by atoms with van der Waals surface area (Å²) in [6, 6.07) is 0. The molecule has 0 saturated heterocycles. The molecule has 0 bridgehead atoms. The number of azide groups is 1. The van der Waals surface area contributed by atoms with Gasteiger partial charge in [-0.25, -0.2) is 0 Å². The van der Waals surface area contributed by atoms with Crippen LogP contribution in [-0.4, -0.2) is 5.66 Å². The van der Waals surface area contributed by atoms with Gasteiger partial charge in [0.25, 0.3) is 0 Å². The lowest BCUT2D eigenvalue weighted by Crippen LogP contribution is -2.15. The number of hydrogen-bond acceptors (Lipinski definition) is 2. The lowest BCUT2D eigenvalue weighted by molar-refractivity contribution is 0.455. The summed E-state index contributed by atoms with van der Waals surface area (Å²) in [5.74, 6) is 0. The first-order valence-corrected chi connectivity index (χ1v) is 3.45. The highest BCUT2D eigenvalue weighted by Crippen LogP contribution is 2.34. The fourth-order valence-electron chi connectivity index (χ4n) is 1.33. The van der Waals surface area contributed by atoms with Gasteiger partial charge in [0.15, 0.2) is 0 Å². The van der Waals surface area contributed by atoms with E-state index in [1.54, 1.807) is 0 Å². The summed E-state index contributed by atoms with van der Waals surface area (Å²) >= 11 is 0.